The zero-order chi connectivity index (χ0) is 16.3. The molecule has 0 radical (unpaired) electrons. The van der Waals surface area contributed by atoms with Gasteiger partial charge in [-0.05, 0) is 30.7 Å². The number of aryl methyl sites for hydroxylation is 1. The first kappa shape index (κ1) is 16.1. The Morgan fingerprint density at radius 3 is 2.50 bits per heavy atom. The molecule has 0 aliphatic carbocycles. The molecule has 0 saturated carbocycles. The van der Waals surface area contributed by atoms with Crippen molar-refractivity contribution in [2.75, 3.05) is 6.61 Å². The molecule has 0 fully saturated rings. The number of benzene rings is 1. The summed E-state index contributed by atoms with van der Waals surface area (Å²) in [6.07, 6.45) is -4.57. The number of carbonyl (C=O) groups is 1. The number of nitrogens with one attached hydrogen (secondary N) is 1. The van der Waals surface area contributed by atoms with Crippen molar-refractivity contribution in [2.24, 2.45) is 0 Å². The Balaban J connectivity index is 2.28. The monoisotopic (exact) mass is 313 g/mol. The van der Waals surface area contributed by atoms with Crippen LogP contribution in [0.3, 0.4) is 0 Å². The SMILES string of the molecule is Cc1ccc(C(=O)NC(CO)c2ccccc2C(F)(F)F)o1. The van der Waals surface area contributed by atoms with Crippen molar-refractivity contribution in [3.05, 3.63) is 59.0 Å². The molecule has 2 rings (SSSR count). The number of hydrogen-bond acceptors (Lipinski definition) is 3. The molecule has 1 unspecified atom stereocenters. The average molecular weight is 313 g/mol. The number of alkyl halides is 3. The number of rotatable bonds is 4. The Hall–Kier alpha value is -2.28. The van der Waals surface area contributed by atoms with E-state index in [1.54, 1.807) is 13.0 Å². The van der Waals surface area contributed by atoms with E-state index in [2.05, 4.69) is 5.32 Å². The fourth-order valence-electron chi connectivity index (χ4n) is 2.07. The molecule has 0 bridgehead atoms. The van der Waals surface area contributed by atoms with Crippen LogP contribution >= 0.6 is 0 Å². The van der Waals surface area contributed by atoms with Crippen LogP contribution in [0.5, 0.6) is 0 Å². The van der Waals surface area contributed by atoms with E-state index in [1.165, 1.54) is 24.3 Å². The van der Waals surface area contributed by atoms with Crippen LogP contribution in [0.25, 0.3) is 0 Å². The number of hydrogen-bond donors (Lipinski definition) is 2. The van der Waals surface area contributed by atoms with Gasteiger partial charge < -0.3 is 14.8 Å². The van der Waals surface area contributed by atoms with Crippen LogP contribution in [0.2, 0.25) is 0 Å². The number of amides is 1. The van der Waals surface area contributed by atoms with Gasteiger partial charge in [-0.2, -0.15) is 13.2 Å². The first-order valence-corrected chi connectivity index (χ1v) is 6.47. The van der Waals surface area contributed by atoms with Gasteiger partial charge >= 0.3 is 6.18 Å². The lowest BCUT2D eigenvalue weighted by Gasteiger charge is -2.20. The molecule has 1 heterocycles. The molecule has 0 aliphatic heterocycles. The van der Waals surface area contributed by atoms with E-state index >= 15 is 0 Å². The maximum absolute atomic E-state index is 13.0. The molecule has 0 aliphatic rings. The zero-order valence-electron chi connectivity index (χ0n) is 11.6. The molecule has 7 heteroatoms. The Kier molecular flexibility index (Phi) is 4.56. The lowest BCUT2D eigenvalue weighted by atomic mass is 10.00. The van der Waals surface area contributed by atoms with E-state index in [1.807, 2.05) is 0 Å². The average Bonchev–Trinajstić information content (AvgIpc) is 2.90. The van der Waals surface area contributed by atoms with Crippen LogP contribution in [0.15, 0.2) is 40.8 Å². The number of halogens is 3. The Morgan fingerprint density at radius 1 is 1.27 bits per heavy atom. The van der Waals surface area contributed by atoms with Gasteiger partial charge in [0.05, 0.1) is 18.2 Å². The van der Waals surface area contributed by atoms with Gasteiger partial charge in [0.25, 0.3) is 5.91 Å². The molecule has 1 amide bonds. The highest BCUT2D eigenvalue weighted by Crippen LogP contribution is 2.34. The lowest BCUT2D eigenvalue weighted by molar-refractivity contribution is -0.138. The van der Waals surface area contributed by atoms with Gasteiger partial charge in [0.2, 0.25) is 0 Å². The first-order chi connectivity index (χ1) is 10.3. The van der Waals surface area contributed by atoms with Gasteiger partial charge in [-0.25, -0.2) is 0 Å². The van der Waals surface area contributed by atoms with Crippen LogP contribution in [0.1, 0.15) is 33.5 Å². The maximum Gasteiger partial charge on any atom is 0.416 e. The molecule has 118 valence electrons. The van der Waals surface area contributed by atoms with E-state index in [0.717, 1.165) is 6.07 Å². The Bertz CT molecular complexity index is 664. The number of furan rings is 1. The summed E-state index contributed by atoms with van der Waals surface area (Å²) in [7, 11) is 0. The van der Waals surface area contributed by atoms with Crippen molar-refractivity contribution >= 4 is 5.91 Å². The first-order valence-electron chi connectivity index (χ1n) is 6.47. The minimum absolute atomic E-state index is 0.0274. The molecular weight excluding hydrogens is 299 g/mol. The van der Waals surface area contributed by atoms with E-state index in [0.29, 0.717) is 5.76 Å². The third-order valence-electron chi connectivity index (χ3n) is 3.09. The summed E-state index contributed by atoms with van der Waals surface area (Å²) in [5.74, 6) is -0.217. The number of aliphatic hydroxyl groups excluding tert-OH is 1. The summed E-state index contributed by atoms with van der Waals surface area (Å²) >= 11 is 0. The highest BCUT2D eigenvalue weighted by Gasteiger charge is 2.35. The predicted octanol–water partition coefficient (Wildman–Crippen LogP) is 3.07. The quantitative estimate of drug-likeness (QED) is 0.912. The molecule has 2 N–H and O–H groups in total. The summed E-state index contributed by atoms with van der Waals surface area (Å²) in [6.45, 7) is 0.970. The highest BCUT2D eigenvalue weighted by atomic mass is 19.4. The predicted molar refractivity (Wildman–Crippen MR) is 72.2 cm³/mol. The van der Waals surface area contributed by atoms with Gasteiger partial charge in [-0.1, -0.05) is 18.2 Å². The summed E-state index contributed by atoms with van der Waals surface area (Å²) in [4.78, 5) is 12.0. The minimum Gasteiger partial charge on any atom is -0.456 e. The molecule has 1 aromatic heterocycles. The molecule has 1 aromatic carbocycles. The summed E-state index contributed by atoms with van der Waals surface area (Å²) in [6, 6.07) is 6.57. The van der Waals surface area contributed by atoms with Crippen LogP contribution in [0, 0.1) is 6.92 Å². The molecule has 1 atom stereocenters. The van der Waals surface area contributed by atoms with Gasteiger partial charge in [-0.3, -0.25) is 4.79 Å². The zero-order valence-corrected chi connectivity index (χ0v) is 11.6. The van der Waals surface area contributed by atoms with Crippen molar-refractivity contribution in [2.45, 2.75) is 19.1 Å². The van der Waals surface area contributed by atoms with E-state index in [-0.39, 0.29) is 11.3 Å². The van der Waals surface area contributed by atoms with Crippen LogP contribution in [-0.4, -0.2) is 17.6 Å². The standard InChI is InChI=1S/C15H14F3NO3/c1-9-6-7-13(22-9)14(21)19-12(8-20)10-4-2-3-5-11(10)15(16,17)18/h2-7,12,20H,8H2,1H3,(H,19,21). The number of aliphatic hydroxyl groups is 1. The highest BCUT2D eigenvalue weighted by molar-refractivity contribution is 5.91. The molecule has 22 heavy (non-hydrogen) atoms. The van der Waals surface area contributed by atoms with E-state index < -0.39 is 30.3 Å². The summed E-state index contributed by atoms with van der Waals surface area (Å²) in [5.41, 5.74) is -1.10. The summed E-state index contributed by atoms with van der Waals surface area (Å²) in [5, 5.41) is 11.7. The van der Waals surface area contributed by atoms with E-state index in [9.17, 15) is 23.1 Å². The second kappa shape index (κ2) is 6.23. The third-order valence-corrected chi connectivity index (χ3v) is 3.09. The topological polar surface area (TPSA) is 62.5 Å². The Labute approximate surface area is 124 Å². The van der Waals surface area contributed by atoms with Crippen LogP contribution in [-0.2, 0) is 6.18 Å². The maximum atomic E-state index is 13.0. The molecule has 4 nitrogen and oxygen atoms in total. The second-order valence-corrected chi connectivity index (χ2v) is 4.70. The van der Waals surface area contributed by atoms with Crippen molar-refractivity contribution in [1.82, 2.24) is 5.32 Å². The Morgan fingerprint density at radius 2 is 1.95 bits per heavy atom. The molecular formula is C15H14F3NO3. The fourth-order valence-corrected chi connectivity index (χ4v) is 2.07. The van der Waals surface area contributed by atoms with E-state index in [4.69, 9.17) is 4.42 Å². The van der Waals surface area contributed by atoms with Crippen LogP contribution in [0.4, 0.5) is 13.2 Å². The van der Waals surface area contributed by atoms with Gasteiger partial charge in [0.15, 0.2) is 5.76 Å². The molecule has 0 saturated heterocycles. The van der Waals surface area contributed by atoms with Crippen molar-refractivity contribution in [3.63, 3.8) is 0 Å². The van der Waals surface area contributed by atoms with Crippen LogP contribution < -0.4 is 5.32 Å². The summed E-state index contributed by atoms with van der Waals surface area (Å²) < 4.78 is 44.1. The van der Waals surface area contributed by atoms with Crippen molar-refractivity contribution < 1.29 is 27.5 Å². The fraction of sp³-hybridized carbons (Fsp3) is 0.267. The second-order valence-electron chi connectivity index (χ2n) is 4.70. The smallest absolute Gasteiger partial charge is 0.416 e. The van der Waals surface area contributed by atoms with Gasteiger partial charge in [0.1, 0.15) is 5.76 Å². The van der Waals surface area contributed by atoms with Crippen molar-refractivity contribution in [1.29, 1.82) is 0 Å². The minimum atomic E-state index is -4.57. The largest absolute Gasteiger partial charge is 0.456 e. The third kappa shape index (κ3) is 3.48. The van der Waals surface area contributed by atoms with Crippen molar-refractivity contribution in [3.8, 4) is 0 Å². The molecule has 0 spiro atoms. The molecule has 2 aromatic rings. The number of carbonyl (C=O) groups excluding carboxylic acids is 1. The van der Waals surface area contributed by atoms with Gasteiger partial charge in [0, 0.05) is 0 Å². The van der Waals surface area contributed by atoms with Gasteiger partial charge in [-0.15, -0.1) is 0 Å². The normalized spacial score (nSPS) is 13.0. The lowest BCUT2D eigenvalue weighted by Crippen LogP contribution is -2.32.